The first-order chi connectivity index (χ1) is 7.31. The van der Waals surface area contributed by atoms with Crippen molar-refractivity contribution in [2.24, 2.45) is 0 Å². The lowest BCUT2D eigenvalue weighted by Gasteiger charge is -2.05. The van der Waals surface area contributed by atoms with Gasteiger partial charge < -0.3 is 0 Å². The second-order valence-electron chi connectivity index (χ2n) is 3.29. The molecule has 0 aliphatic rings. The number of rotatable bonds is 2. The van der Waals surface area contributed by atoms with Crippen molar-refractivity contribution in [3.8, 4) is 11.3 Å². The summed E-state index contributed by atoms with van der Waals surface area (Å²) in [6, 6.07) is 13.7. The lowest BCUT2D eigenvalue weighted by Crippen LogP contribution is -2.21. The molecule has 0 saturated carbocycles. The Morgan fingerprint density at radius 2 is 1.87 bits per heavy atom. The fourth-order valence-electron chi connectivity index (χ4n) is 1.47. The number of hydrogen-bond acceptors (Lipinski definition) is 2. The number of nitrogens with one attached hydrogen (secondary N) is 1. The quantitative estimate of drug-likeness (QED) is 0.790. The van der Waals surface area contributed by atoms with E-state index < -0.39 is 0 Å². The van der Waals surface area contributed by atoms with Gasteiger partial charge in [0.2, 0.25) is 0 Å². The molecule has 0 unspecified atom stereocenters. The number of benzene rings is 1. The fourth-order valence-corrected chi connectivity index (χ4v) is 1.47. The molecule has 3 heteroatoms. The minimum Gasteiger partial charge on any atom is -0.283 e. The Kier molecular flexibility index (Phi) is 2.63. The van der Waals surface area contributed by atoms with Crippen LogP contribution < -0.4 is 5.49 Å². The van der Waals surface area contributed by atoms with Gasteiger partial charge in [-0.05, 0) is 19.1 Å². The summed E-state index contributed by atoms with van der Waals surface area (Å²) in [6.07, 6.45) is 0. The highest BCUT2D eigenvalue weighted by Gasteiger charge is 1.99. The van der Waals surface area contributed by atoms with Gasteiger partial charge in [-0.25, -0.2) is 4.68 Å². The summed E-state index contributed by atoms with van der Waals surface area (Å²) in [5.41, 5.74) is 2.44. The van der Waals surface area contributed by atoms with E-state index in [4.69, 9.17) is 5.41 Å². The highest BCUT2D eigenvalue weighted by atomic mass is 15.3. The molecular weight excluding hydrogens is 186 g/mol. The second-order valence-corrected chi connectivity index (χ2v) is 3.29. The maximum atomic E-state index is 7.63. The zero-order chi connectivity index (χ0) is 10.7. The van der Waals surface area contributed by atoms with Gasteiger partial charge in [-0.3, -0.25) is 5.41 Å². The average Bonchev–Trinajstić information content (AvgIpc) is 2.31. The maximum Gasteiger partial charge on any atom is 0.141 e. The third kappa shape index (κ3) is 1.96. The Labute approximate surface area is 88.5 Å². The highest BCUT2D eigenvalue weighted by molar-refractivity contribution is 5.57. The molecule has 0 atom stereocenters. The largest absolute Gasteiger partial charge is 0.283 e. The van der Waals surface area contributed by atoms with E-state index in [2.05, 4.69) is 5.10 Å². The van der Waals surface area contributed by atoms with Gasteiger partial charge in [0.15, 0.2) is 0 Å². The zero-order valence-corrected chi connectivity index (χ0v) is 8.64. The average molecular weight is 199 g/mol. The fraction of sp³-hybridized carbons (Fsp3) is 0.167. The zero-order valence-electron chi connectivity index (χ0n) is 8.64. The van der Waals surface area contributed by atoms with Crippen LogP contribution in [0.25, 0.3) is 11.3 Å². The van der Waals surface area contributed by atoms with Crippen LogP contribution in [0.1, 0.15) is 6.92 Å². The lowest BCUT2D eigenvalue weighted by atomic mass is 10.1. The number of aromatic nitrogens is 2. The minimum atomic E-state index is 0.442. The topological polar surface area (TPSA) is 41.7 Å². The molecule has 1 aromatic heterocycles. The van der Waals surface area contributed by atoms with Crippen LogP contribution in [0.2, 0.25) is 0 Å². The first kappa shape index (κ1) is 9.65. The van der Waals surface area contributed by atoms with Crippen LogP contribution in [0.5, 0.6) is 0 Å². The summed E-state index contributed by atoms with van der Waals surface area (Å²) in [7, 11) is 0. The molecule has 0 radical (unpaired) electrons. The van der Waals surface area contributed by atoms with Crippen molar-refractivity contribution in [1.29, 1.82) is 5.41 Å². The predicted octanol–water partition coefficient (Wildman–Crippen LogP) is 2.05. The molecular formula is C12H13N3. The molecule has 0 saturated heterocycles. The molecule has 0 aliphatic heterocycles. The molecule has 3 nitrogen and oxygen atoms in total. The van der Waals surface area contributed by atoms with Crippen molar-refractivity contribution in [1.82, 2.24) is 9.78 Å². The van der Waals surface area contributed by atoms with Gasteiger partial charge in [-0.1, -0.05) is 30.3 Å². The lowest BCUT2D eigenvalue weighted by molar-refractivity contribution is 0.601. The van der Waals surface area contributed by atoms with Gasteiger partial charge >= 0.3 is 0 Å². The van der Waals surface area contributed by atoms with Crippen LogP contribution in [0.4, 0.5) is 0 Å². The van der Waals surface area contributed by atoms with Crippen molar-refractivity contribution < 1.29 is 0 Å². The molecule has 0 fully saturated rings. The molecule has 0 aliphatic carbocycles. The van der Waals surface area contributed by atoms with Crippen LogP contribution in [0.3, 0.4) is 0 Å². The number of aryl methyl sites for hydroxylation is 1. The first-order valence-electron chi connectivity index (χ1n) is 4.99. The van der Waals surface area contributed by atoms with Gasteiger partial charge in [0.1, 0.15) is 5.49 Å². The number of hydrogen-bond donors (Lipinski definition) is 1. The maximum absolute atomic E-state index is 7.63. The van der Waals surface area contributed by atoms with E-state index in [1.807, 2.05) is 43.3 Å². The monoisotopic (exact) mass is 199 g/mol. The molecule has 15 heavy (non-hydrogen) atoms. The van der Waals surface area contributed by atoms with Gasteiger partial charge in [0.25, 0.3) is 0 Å². The second kappa shape index (κ2) is 4.09. The standard InChI is InChI=1S/C12H13N3/c1-2-15-12(13)9-8-11(14-15)10-6-4-3-5-7-10/h3-9,13H,2H2,1H3. The molecule has 1 aromatic carbocycles. The smallest absolute Gasteiger partial charge is 0.141 e. The Hall–Kier alpha value is -1.90. The van der Waals surface area contributed by atoms with Gasteiger partial charge in [0, 0.05) is 12.1 Å². The molecule has 76 valence electrons. The summed E-state index contributed by atoms with van der Waals surface area (Å²) < 4.78 is 1.68. The molecule has 1 N–H and O–H groups in total. The SMILES string of the molecule is CCn1nc(-c2ccccc2)ccc1=N. The highest BCUT2D eigenvalue weighted by Crippen LogP contribution is 2.13. The summed E-state index contributed by atoms with van der Waals surface area (Å²) >= 11 is 0. The van der Waals surface area contributed by atoms with Gasteiger partial charge in [0.05, 0.1) is 5.69 Å². The van der Waals surface area contributed by atoms with E-state index in [-0.39, 0.29) is 0 Å². The van der Waals surface area contributed by atoms with Crippen LogP contribution in [-0.2, 0) is 6.54 Å². The van der Waals surface area contributed by atoms with E-state index in [9.17, 15) is 0 Å². The van der Waals surface area contributed by atoms with Crippen LogP contribution >= 0.6 is 0 Å². The third-order valence-corrected chi connectivity index (χ3v) is 2.27. The molecule has 2 aromatic rings. The molecule has 0 bridgehead atoms. The predicted molar refractivity (Wildman–Crippen MR) is 59.2 cm³/mol. The van der Waals surface area contributed by atoms with Crippen molar-refractivity contribution in [2.45, 2.75) is 13.5 Å². The summed E-state index contributed by atoms with van der Waals surface area (Å²) in [6.45, 7) is 2.71. The van der Waals surface area contributed by atoms with Gasteiger partial charge in [-0.15, -0.1) is 0 Å². The first-order valence-corrected chi connectivity index (χ1v) is 4.99. The third-order valence-electron chi connectivity index (χ3n) is 2.27. The summed E-state index contributed by atoms with van der Waals surface area (Å²) in [5, 5.41) is 12.0. The van der Waals surface area contributed by atoms with Crippen molar-refractivity contribution in [3.05, 3.63) is 48.0 Å². The van der Waals surface area contributed by atoms with Crippen LogP contribution in [-0.4, -0.2) is 9.78 Å². The summed E-state index contributed by atoms with van der Waals surface area (Å²) in [5.74, 6) is 0. The van der Waals surface area contributed by atoms with E-state index in [1.54, 1.807) is 10.7 Å². The van der Waals surface area contributed by atoms with E-state index in [0.29, 0.717) is 5.49 Å². The Morgan fingerprint density at radius 1 is 1.13 bits per heavy atom. The van der Waals surface area contributed by atoms with Crippen LogP contribution in [0.15, 0.2) is 42.5 Å². The number of nitrogens with zero attached hydrogens (tertiary/aromatic N) is 2. The summed E-state index contributed by atoms with van der Waals surface area (Å²) in [4.78, 5) is 0. The van der Waals surface area contributed by atoms with Crippen LogP contribution in [0, 0.1) is 5.41 Å². The van der Waals surface area contributed by atoms with Crippen molar-refractivity contribution >= 4 is 0 Å². The normalized spacial score (nSPS) is 10.2. The van der Waals surface area contributed by atoms with E-state index in [1.165, 1.54) is 0 Å². The Morgan fingerprint density at radius 3 is 2.53 bits per heavy atom. The van der Waals surface area contributed by atoms with Gasteiger partial charge in [-0.2, -0.15) is 5.10 Å². The minimum absolute atomic E-state index is 0.442. The Balaban J connectivity index is 2.51. The van der Waals surface area contributed by atoms with E-state index >= 15 is 0 Å². The molecule has 2 rings (SSSR count). The van der Waals surface area contributed by atoms with Crippen molar-refractivity contribution in [2.75, 3.05) is 0 Å². The Bertz CT molecular complexity index is 500. The molecule has 1 heterocycles. The van der Waals surface area contributed by atoms with Crippen molar-refractivity contribution in [3.63, 3.8) is 0 Å². The molecule has 0 spiro atoms. The van der Waals surface area contributed by atoms with E-state index in [0.717, 1.165) is 17.8 Å². The molecule has 0 amide bonds.